The van der Waals surface area contributed by atoms with Crippen LogP contribution >= 0.6 is 0 Å². The largest absolute Gasteiger partial charge is 0.365 e. The van der Waals surface area contributed by atoms with Gasteiger partial charge in [0, 0.05) is 32.1 Å². The van der Waals surface area contributed by atoms with Crippen molar-refractivity contribution in [2.45, 2.75) is 25.8 Å². The molecule has 1 fully saturated rings. The number of anilines is 2. The maximum Gasteiger partial charge on any atom is 0.222 e. The zero-order valence-electron chi connectivity index (χ0n) is 10.6. The van der Waals surface area contributed by atoms with E-state index in [1.165, 1.54) is 0 Å². The molecule has 7 nitrogen and oxygen atoms in total. The fourth-order valence-corrected chi connectivity index (χ4v) is 2.05. The van der Waals surface area contributed by atoms with Crippen LogP contribution in [-0.2, 0) is 4.79 Å². The van der Waals surface area contributed by atoms with Crippen LogP contribution in [-0.4, -0.2) is 40.4 Å². The number of likely N-dealkylation sites (N-methyl/N-ethyl adjacent to an activating group) is 1. The summed E-state index contributed by atoms with van der Waals surface area (Å²) >= 11 is 0. The third kappa shape index (κ3) is 2.86. The van der Waals surface area contributed by atoms with Crippen LogP contribution in [0.2, 0.25) is 0 Å². The van der Waals surface area contributed by atoms with Crippen LogP contribution in [0.4, 0.5) is 11.6 Å². The fraction of sp³-hybridized carbons (Fsp3) is 0.545. The molecule has 98 valence electrons. The number of nitrogens with one attached hydrogen (secondary N) is 2. The van der Waals surface area contributed by atoms with Gasteiger partial charge in [0.25, 0.3) is 0 Å². The third-order valence-corrected chi connectivity index (χ3v) is 2.96. The summed E-state index contributed by atoms with van der Waals surface area (Å²) in [6.45, 7) is 2.50. The van der Waals surface area contributed by atoms with E-state index in [9.17, 15) is 4.79 Å². The van der Waals surface area contributed by atoms with E-state index in [-0.39, 0.29) is 11.9 Å². The molecule has 1 unspecified atom stereocenters. The first-order valence-corrected chi connectivity index (χ1v) is 5.91. The maximum atomic E-state index is 11.4. The smallest absolute Gasteiger partial charge is 0.222 e. The Morgan fingerprint density at radius 3 is 2.83 bits per heavy atom. The molecular formula is C11H18N6O. The Bertz CT molecular complexity index is 449. The predicted molar refractivity (Wildman–Crippen MR) is 68.9 cm³/mol. The minimum Gasteiger partial charge on any atom is -0.365 e. The number of hydrazine groups is 1. The number of amides is 1. The number of piperidine rings is 1. The molecule has 0 aromatic carbocycles. The van der Waals surface area contributed by atoms with Gasteiger partial charge in [0.05, 0.1) is 0 Å². The van der Waals surface area contributed by atoms with Crippen LogP contribution in [0.25, 0.3) is 0 Å². The van der Waals surface area contributed by atoms with E-state index in [2.05, 4.69) is 20.7 Å². The van der Waals surface area contributed by atoms with Crippen LogP contribution in [0.3, 0.4) is 0 Å². The molecule has 0 spiro atoms. The number of hydrogen-bond acceptors (Lipinski definition) is 6. The normalized spacial score (nSPS) is 19.8. The molecule has 0 aliphatic carbocycles. The first-order chi connectivity index (χ1) is 8.58. The number of carbonyl (C=O) groups is 1. The molecule has 1 amide bonds. The zero-order chi connectivity index (χ0) is 13.1. The van der Waals surface area contributed by atoms with Crippen LogP contribution in [0.15, 0.2) is 6.07 Å². The van der Waals surface area contributed by atoms with Crippen LogP contribution in [0.1, 0.15) is 18.7 Å². The minimum atomic E-state index is 0.191. The summed E-state index contributed by atoms with van der Waals surface area (Å²) in [7, 11) is 1.81. The number of hydrogen-bond donors (Lipinski definition) is 3. The van der Waals surface area contributed by atoms with E-state index in [4.69, 9.17) is 5.84 Å². The van der Waals surface area contributed by atoms with Gasteiger partial charge in [0.2, 0.25) is 5.91 Å². The second-order valence-corrected chi connectivity index (χ2v) is 4.48. The molecule has 0 radical (unpaired) electrons. The summed E-state index contributed by atoms with van der Waals surface area (Å²) in [5, 5.41) is 3.31. The third-order valence-electron chi connectivity index (χ3n) is 2.96. The predicted octanol–water partition coefficient (Wildman–Crippen LogP) is 0.103. The van der Waals surface area contributed by atoms with E-state index >= 15 is 0 Å². The highest BCUT2D eigenvalue weighted by molar-refractivity contribution is 5.77. The molecule has 1 saturated heterocycles. The Kier molecular flexibility index (Phi) is 3.61. The number of rotatable bonds is 3. The molecule has 2 heterocycles. The maximum absolute atomic E-state index is 11.4. The van der Waals surface area contributed by atoms with Crippen molar-refractivity contribution >= 4 is 17.5 Å². The van der Waals surface area contributed by atoms with Gasteiger partial charge in [-0.15, -0.1) is 0 Å². The SMILES string of the molecule is Cc1nc(NN)cc(NC2CCC(=O)N(C)C2)n1. The van der Waals surface area contributed by atoms with E-state index < -0.39 is 0 Å². The second kappa shape index (κ2) is 5.18. The number of nitrogens with two attached hydrogens (primary N) is 1. The number of aromatic nitrogens is 2. The molecular weight excluding hydrogens is 232 g/mol. The van der Waals surface area contributed by atoms with Gasteiger partial charge in [-0.05, 0) is 13.3 Å². The fourth-order valence-electron chi connectivity index (χ4n) is 2.05. The van der Waals surface area contributed by atoms with Gasteiger partial charge in [-0.25, -0.2) is 15.8 Å². The van der Waals surface area contributed by atoms with Crippen molar-refractivity contribution in [2.24, 2.45) is 5.84 Å². The molecule has 18 heavy (non-hydrogen) atoms. The van der Waals surface area contributed by atoms with Crippen molar-refractivity contribution in [3.05, 3.63) is 11.9 Å². The van der Waals surface area contributed by atoms with Crippen molar-refractivity contribution in [3.63, 3.8) is 0 Å². The van der Waals surface area contributed by atoms with E-state index in [0.29, 0.717) is 24.6 Å². The lowest BCUT2D eigenvalue weighted by molar-refractivity contribution is -0.132. The van der Waals surface area contributed by atoms with Gasteiger partial charge in [-0.1, -0.05) is 0 Å². The molecule has 2 rings (SSSR count). The number of nitrogen functional groups attached to an aromatic ring is 1. The Labute approximate surface area is 106 Å². The Morgan fingerprint density at radius 1 is 1.44 bits per heavy atom. The van der Waals surface area contributed by atoms with Gasteiger partial charge < -0.3 is 15.6 Å². The molecule has 7 heteroatoms. The molecule has 1 aliphatic heterocycles. The molecule has 4 N–H and O–H groups in total. The molecule has 1 atom stereocenters. The molecule has 1 aliphatic rings. The highest BCUT2D eigenvalue weighted by Crippen LogP contribution is 2.16. The lowest BCUT2D eigenvalue weighted by atomic mass is 10.1. The summed E-state index contributed by atoms with van der Waals surface area (Å²) in [6, 6.07) is 1.97. The van der Waals surface area contributed by atoms with E-state index in [1.807, 2.05) is 14.0 Å². The molecule has 1 aromatic heterocycles. The Balaban J connectivity index is 2.05. The topological polar surface area (TPSA) is 96.2 Å². The van der Waals surface area contributed by atoms with E-state index in [0.717, 1.165) is 12.2 Å². The van der Waals surface area contributed by atoms with Crippen molar-refractivity contribution in [1.29, 1.82) is 0 Å². The quantitative estimate of drug-likeness (QED) is 0.520. The van der Waals surface area contributed by atoms with Crippen LogP contribution in [0.5, 0.6) is 0 Å². The van der Waals surface area contributed by atoms with Gasteiger partial charge >= 0.3 is 0 Å². The first-order valence-electron chi connectivity index (χ1n) is 5.91. The molecule has 1 aromatic rings. The first kappa shape index (κ1) is 12.6. The molecule has 0 saturated carbocycles. The second-order valence-electron chi connectivity index (χ2n) is 4.48. The average Bonchev–Trinajstić information content (AvgIpc) is 2.33. The standard InChI is InChI=1S/C11H18N6O/c1-7-13-9(5-10(14-7)16-12)15-8-3-4-11(18)17(2)6-8/h5,8H,3-4,6,12H2,1-2H3,(H2,13,14,15,16). The van der Waals surface area contributed by atoms with Gasteiger partial charge in [0.1, 0.15) is 17.5 Å². The van der Waals surface area contributed by atoms with Crippen molar-refractivity contribution in [2.75, 3.05) is 24.3 Å². The van der Waals surface area contributed by atoms with Crippen molar-refractivity contribution in [1.82, 2.24) is 14.9 Å². The summed E-state index contributed by atoms with van der Waals surface area (Å²) < 4.78 is 0. The summed E-state index contributed by atoms with van der Waals surface area (Å²) in [5.74, 6) is 7.48. The summed E-state index contributed by atoms with van der Waals surface area (Å²) in [5.41, 5.74) is 2.51. The minimum absolute atomic E-state index is 0.191. The number of likely N-dealkylation sites (tertiary alicyclic amines) is 1. The van der Waals surface area contributed by atoms with Gasteiger partial charge in [-0.2, -0.15) is 0 Å². The van der Waals surface area contributed by atoms with Crippen LogP contribution < -0.4 is 16.6 Å². The van der Waals surface area contributed by atoms with Gasteiger partial charge in [0.15, 0.2) is 0 Å². The molecule has 0 bridgehead atoms. The number of aryl methyl sites for hydroxylation is 1. The summed E-state index contributed by atoms with van der Waals surface area (Å²) in [6.07, 6.45) is 1.39. The van der Waals surface area contributed by atoms with E-state index in [1.54, 1.807) is 11.0 Å². The Hall–Kier alpha value is -1.89. The van der Waals surface area contributed by atoms with Crippen molar-refractivity contribution in [3.8, 4) is 0 Å². The lowest BCUT2D eigenvalue weighted by Crippen LogP contribution is -2.43. The van der Waals surface area contributed by atoms with Crippen LogP contribution in [0, 0.1) is 6.92 Å². The van der Waals surface area contributed by atoms with Gasteiger partial charge in [-0.3, -0.25) is 4.79 Å². The Morgan fingerprint density at radius 2 is 2.17 bits per heavy atom. The number of carbonyl (C=O) groups excluding carboxylic acids is 1. The average molecular weight is 250 g/mol. The zero-order valence-corrected chi connectivity index (χ0v) is 10.6. The van der Waals surface area contributed by atoms with Crippen molar-refractivity contribution < 1.29 is 4.79 Å². The number of nitrogens with zero attached hydrogens (tertiary/aromatic N) is 3. The highest BCUT2D eigenvalue weighted by atomic mass is 16.2. The monoisotopic (exact) mass is 250 g/mol. The highest BCUT2D eigenvalue weighted by Gasteiger charge is 2.22. The lowest BCUT2D eigenvalue weighted by Gasteiger charge is -2.30. The summed E-state index contributed by atoms with van der Waals surface area (Å²) in [4.78, 5) is 21.5.